The molecule has 0 saturated heterocycles. The first-order valence-corrected chi connectivity index (χ1v) is 5.96. The predicted octanol–water partition coefficient (Wildman–Crippen LogP) is 0.363. The van der Waals surface area contributed by atoms with E-state index in [-0.39, 0.29) is 12.2 Å². The zero-order chi connectivity index (χ0) is 15.1. The van der Waals surface area contributed by atoms with E-state index >= 15 is 0 Å². The van der Waals surface area contributed by atoms with Gasteiger partial charge in [0.25, 0.3) is 5.91 Å². The van der Waals surface area contributed by atoms with Crippen LogP contribution >= 0.6 is 0 Å². The number of amides is 2. The second-order valence-corrected chi connectivity index (χ2v) is 3.92. The topological polar surface area (TPSA) is 98.5 Å². The number of nitrogens with two attached hydrogens (primary N) is 1. The molecule has 7 heteroatoms. The van der Waals surface area contributed by atoms with Gasteiger partial charge in [0.05, 0.1) is 18.6 Å². The van der Waals surface area contributed by atoms with Crippen molar-refractivity contribution in [1.29, 1.82) is 0 Å². The van der Waals surface area contributed by atoms with Gasteiger partial charge in [-0.1, -0.05) is 12.1 Å². The van der Waals surface area contributed by atoms with Crippen molar-refractivity contribution in [2.45, 2.75) is 19.4 Å². The molecule has 108 valence electrons. The molecule has 1 atom stereocenters. The summed E-state index contributed by atoms with van der Waals surface area (Å²) in [6.07, 6.45) is -0.399. The summed E-state index contributed by atoms with van der Waals surface area (Å²) in [6, 6.07) is 4.02. The van der Waals surface area contributed by atoms with E-state index < -0.39 is 36.1 Å². The summed E-state index contributed by atoms with van der Waals surface area (Å²) in [5, 5.41) is 2.21. The summed E-state index contributed by atoms with van der Waals surface area (Å²) < 4.78 is 18.1. The van der Waals surface area contributed by atoms with Gasteiger partial charge in [0.15, 0.2) is 0 Å². The molecular formula is C13H15FN2O4. The van der Waals surface area contributed by atoms with Gasteiger partial charge in [0.2, 0.25) is 5.91 Å². The van der Waals surface area contributed by atoms with Crippen molar-refractivity contribution in [3.63, 3.8) is 0 Å². The highest BCUT2D eigenvalue weighted by molar-refractivity contribution is 5.98. The lowest BCUT2D eigenvalue weighted by Gasteiger charge is -2.14. The average molecular weight is 282 g/mol. The number of halogens is 1. The third-order valence-corrected chi connectivity index (χ3v) is 2.44. The van der Waals surface area contributed by atoms with Gasteiger partial charge in [-0.15, -0.1) is 0 Å². The summed E-state index contributed by atoms with van der Waals surface area (Å²) in [6.45, 7) is 1.75. The summed E-state index contributed by atoms with van der Waals surface area (Å²) >= 11 is 0. The van der Waals surface area contributed by atoms with Crippen LogP contribution in [-0.2, 0) is 14.3 Å². The molecule has 0 aromatic heterocycles. The van der Waals surface area contributed by atoms with Crippen LogP contribution in [0, 0.1) is 5.82 Å². The zero-order valence-electron chi connectivity index (χ0n) is 10.9. The lowest BCUT2D eigenvalue weighted by Crippen LogP contribution is -2.46. The van der Waals surface area contributed by atoms with Crippen LogP contribution < -0.4 is 11.1 Å². The van der Waals surface area contributed by atoms with Crippen LogP contribution in [-0.4, -0.2) is 30.4 Å². The second kappa shape index (κ2) is 7.22. The van der Waals surface area contributed by atoms with E-state index in [1.165, 1.54) is 18.2 Å². The Morgan fingerprint density at radius 1 is 1.35 bits per heavy atom. The van der Waals surface area contributed by atoms with Gasteiger partial charge < -0.3 is 15.8 Å². The lowest BCUT2D eigenvalue weighted by molar-refractivity contribution is -0.145. The van der Waals surface area contributed by atoms with E-state index in [0.29, 0.717) is 0 Å². The molecule has 20 heavy (non-hydrogen) atoms. The SMILES string of the molecule is CCOC(=O)C[C@@H](NC(=O)c1ccccc1F)C(N)=O. The van der Waals surface area contributed by atoms with Crippen molar-refractivity contribution in [3.8, 4) is 0 Å². The van der Waals surface area contributed by atoms with E-state index in [0.717, 1.165) is 6.07 Å². The number of primary amides is 1. The van der Waals surface area contributed by atoms with E-state index in [9.17, 15) is 18.8 Å². The number of ether oxygens (including phenoxy) is 1. The van der Waals surface area contributed by atoms with Crippen LogP contribution in [0.4, 0.5) is 4.39 Å². The second-order valence-electron chi connectivity index (χ2n) is 3.92. The largest absolute Gasteiger partial charge is 0.466 e. The zero-order valence-corrected chi connectivity index (χ0v) is 10.9. The van der Waals surface area contributed by atoms with Crippen molar-refractivity contribution in [3.05, 3.63) is 35.6 Å². The summed E-state index contributed by atoms with van der Waals surface area (Å²) in [5.74, 6) is -3.13. The minimum Gasteiger partial charge on any atom is -0.466 e. The Kier molecular flexibility index (Phi) is 5.64. The van der Waals surface area contributed by atoms with Gasteiger partial charge >= 0.3 is 5.97 Å². The highest BCUT2D eigenvalue weighted by Crippen LogP contribution is 2.07. The first-order valence-electron chi connectivity index (χ1n) is 5.96. The van der Waals surface area contributed by atoms with Gasteiger partial charge in [-0.2, -0.15) is 0 Å². The number of nitrogens with one attached hydrogen (secondary N) is 1. The van der Waals surface area contributed by atoms with E-state index in [2.05, 4.69) is 10.1 Å². The van der Waals surface area contributed by atoms with E-state index in [4.69, 9.17) is 5.73 Å². The monoisotopic (exact) mass is 282 g/mol. The minimum absolute atomic E-state index is 0.144. The third kappa shape index (κ3) is 4.34. The molecule has 6 nitrogen and oxygen atoms in total. The number of hydrogen-bond donors (Lipinski definition) is 2. The maximum atomic E-state index is 13.4. The lowest BCUT2D eigenvalue weighted by atomic mass is 10.1. The van der Waals surface area contributed by atoms with Crippen molar-refractivity contribution < 1.29 is 23.5 Å². The Hall–Kier alpha value is -2.44. The van der Waals surface area contributed by atoms with Gasteiger partial charge in [0.1, 0.15) is 11.9 Å². The molecule has 0 spiro atoms. The molecule has 0 bridgehead atoms. The Morgan fingerprint density at radius 2 is 2.00 bits per heavy atom. The van der Waals surface area contributed by atoms with Crippen molar-refractivity contribution >= 4 is 17.8 Å². The van der Waals surface area contributed by atoms with Crippen LogP contribution in [0.1, 0.15) is 23.7 Å². The van der Waals surface area contributed by atoms with Gasteiger partial charge in [-0.25, -0.2) is 4.39 Å². The first kappa shape index (κ1) is 15.6. The molecule has 0 heterocycles. The molecule has 0 fully saturated rings. The summed E-state index contributed by atoms with van der Waals surface area (Å²) in [7, 11) is 0. The number of carbonyl (C=O) groups excluding carboxylic acids is 3. The molecular weight excluding hydrogens is 267 g/mol. The van der Waals surface area contributed by atoms with Crippen LogP contribution in [0.5, 0.6) is 0 Å². The highest BCUT2D eigenvalue weighted by atomic mass is 19.1. The number of esters is 1. The summed E-state index contributed by atoms with van der Waals surface area (Å²) in [5.41, 5.74) is 4.86. The maximum Gasteiger partial charge on any atom is 0.308 e. The Bertz CT molecular complexity index is 519. The Balaban J connectivity index is 2.76. The fourth-order valence-corrected chi connectivity index (χ4v) is 1.49. The number of carbonyl (C=O) groups is 3. The molecule has 0 aliphatic rings. The van der Waals surface area contributed by atoms with E-state index in [1.54, 1.807) is 6.92 Å². The highest BCUT2D eigenvalue weighted by Gasteiger charge is 2.23. The van der Waals surface area contributed by atoms with Gasteiger partial charge in [0, 0.05) is 0 Å². The molecule has 0 aliphatic heterocycles. The van der Waals surface area contributed by atoms with Crippen LogP contribution in [0.15, 0.2) is 24.3 Å². The fraction of sp³-hybridized carbons (Fsp3) is 0.308. The van der Waals surface area contributed by atoms with Gasteiger partial charge in [-0.05, 0) is 19.1 Å². The van der Waals surface area contributed by atoms with Crippen LogP contribution in [0.25, 0.3) is 0 Å². The normalized spacial score (nSPS) is 11.5. The molecule has 0 unspecified atom stereocenters. The van der Waals surface area contributed by atoms with E-state index in [1.807, 2.05) is 0 Å². The number of hydrogen-bond acceptors (Lipinski definition) is 4. The number of rotatable bonds is 6. The molecule has 0 aliphatic carbocycles. The minimum atomic E-state index is -1.25. The fourth-order valence-electron chi connectivity index (χ4n) is 1.49. The standard InChI is InChI=1S/C13H15FN2O4/c1-2-20-11(17)7-10(12(15)18)16-13(19)8-5-3-4-6-9(8)14/h3-6,10H,2,7H2,1H3,(H2,15,18)(H,16,19)/t10-/m1/s1. The molecule has 0 radical (unpaired) electrons. The Labute approximate surface area is 115 Å². The first-order chi connectivity index (χ1) is 9.45. The molecule has 1 aromatic carbocycles. The predicted molar refractivity (Wildman–Crippen MR) is 68.1 cm³/mol. The van der Waals surface area contributed by atoms with Crippen LogP contribution in [0.3, 0.4) is 0 Å². The molecule has 3 N–H and O–H groups in total. The quantitative estimate of drug-likeness (QED) is 0.736. The van der Waals surface area contributed by atoms with Crippen LogP contribution in [0.2, 0.25) is 0 Å². The molecule has 2 amide bonds. The summed E-state index contributed by atoms with van der Waals surface area (Å²) in [4.78, 5) is 34.3. The van der Waals surface area contributed by atoms with Crippen molar-refractivity contribution in [1.82, 2.24) is 5.32 Å². The average Bonchev–Trinajstić information content (AvgIpc) is 2.38. The third-order valence-electron chi connectivity index (χ3n) is 2.44. The van der Waals surface area contributed by atoms with Gasteiger partial charge in [-0.3, -0.25) is 14.4 Å². The number of benzene rings is 1. The van der Waals surface area contributed by atoms with Crippen molar-refractivity contribution in [2.75, 3.05) is 6.61 Å². The molecule has 0 saturated carbocycles. The van der Waals surface area contributed by atoms with Crippen molar-refractivity contribution in [2.24, 2.45) is 5.73 Å². The smallest absolute Gasteiger partial charge is 0.308 e. The maximum absolute atomic E-state index is 13.4. The Morgan fingerprint density at radius 3 is 2.55 bits per heavy atom. The molecule has 1 aromatic rings. The molecule has 1 rings (SSSR count).